The second-order valence-electron chi connectivity index (χ2n) is 10.4. The Hall–Kier alpha value is -3.85. The number of rotatable bonds is 8. The molecule has 1 fully saturated rings. The van der Waals surface area contributed by atoms with Crippen molar-refractivity contribution in [3.63, 3.8) is 0 Å². The van der Waals surface area contributed by atoms with Crippen molar-refractivity contribution in [2.75, 3.05) is 19.3 Å². The van der Waals surface area contributed by atoms with Gasteiger partial charge in [-0.2, -0.15) is 0 Å². The highest BCUT2D eigenvalue weighted by atomic mass is 32.2. The number of carbonyl (C=O) groups is 3. The van der Waals surface area contributed by atoms with Crippen LogP contribution in [0.15, 0.2) is 65.6 Å². The number of aliphatic carboxylic acids is 1. The van der Waals surface area contributed by atoms with Crippen molar-refractivity contribution in [1.29, 1.82) is 0 Å². The van der Waals surface area contributed by atoms with Gasteiger partial charge in [0.2, 0.25) is 0 Å². The summed E-state index contributed by atoms with van der Waals surface area (Å²) in [5.74, 6) is -1.81. The van der Waals surface area contributed by atoms with Crippen molar-refractivity contribution >= 4 is 29.6 Å². The lowest BCUT2D eigenvalue weighted by atomic mass is 9.82. The fraction of sp³-hybridized carbons (Fsp3) is 0.323. The van der Waals surface area contributed by atoms with Crippen LogP contribution in [0.4, 0.5) is 9.18 Å². The maximum absolute atomic E-state index is 13.8. The standard InChI is InChI=1S/C31H32FNO6S/c1-18-14-21(15-19(2)28(18)39-31(3,4)29(35)36)25-16-33(30(37)38-23-10-8-22(32)9-11-23)17-26(25)27(34)20-6-12-24(40-5)13-7-20/h6-15,25-26H,16-17H2,1-5H3,(H,35,36)/t25-,26?/m1/s1. The Morgan fingerprint density at radius 2 is 1.57 bits per heavy atom. The van der Waals surface area contributed by atoms with Crippen molar-refractivity contribution < 1.29 is 33.4 Å². The van der Waals surface area contributed by atoms with Crippen molar-refractivity contribution in [3.8, 4) is 11.5 Å². The van der Waals surface area contributed by atoms with Gasteiger partial charge in [-0.05, 0) is 87.0 Å². The quantitative estimate of drug-likeness (QED) is 0.246. The molecule has 1 aliphatic rings. The number of carboxylic acids is 1. The lowest BCUT2D eigenvalue weighted by molar-refractivity contribution is -0.152. The van der Waals surface area contributed by atoms with Gasteiger partial charge >= 0.3 is 12.1 Å². The highest BCUT2D eigenvalue weighted by Gasteiger charge is 2.42. The normalized spacial score (nSPS) is 17.0. The van der Waals surface area contributed by atoms with Crippen LogP contribution in [0.5, 0.6) is 11.5 Å². The molecule has 0 bridgehead atoms. The summed E-state index contributed by atoms with van der Waals surface area (Å²) >= 11 is 1.58. The summed E-state index contributed by atoms with van der Waals surface area (Å²) in [4.78, 5) is 41.0. The predicted molar refractivity (Wildman–Crippen MR) is 151 cm³/mol. The van der Waals surface area contributed by atoms with Crippen LogP contribution in [0, 0.1) is 25.6 Å². The lowest BCUT2D eigenvalue weighted by Gasteiger charge is -2.26. The molecule has 40 heavy (non-hydrogen) atoms. The molecular formula is C31H32FNO6S. The third kappa shape index (κ3) is 6.31. The van der Waals surface area contributed by atoms with E-state index in [-0.39, 0.29) is 30.5 Å². The molecule has 1 unspecified atom stereocenters. The Kier molecular flexibility index (Phi) is 8.54. The van der Waals surface area contributed by atoms with Gasteiger partial charge in [-0.15, -0.1) is 11.8 Å². The van der Waals surface area contributed by atoms with E-state index in [4.69, 9.17) is 9.47 Å². The zero-order valence-corrected chi connectivity index (χ0v) is 23.9. The van der Waals surface area contributed by atoms with Crippen LogP contribution in [-0.2, 0) is 4.79 Å². The van der Waals surface area contributed by atoms with E-state index in [9.17, 15) is 23.9 Å². The van der Waals surface area contributed by atoms with Crippen LogP contribution in [0.25, 0.3) is 0 Å². The third-order valence-corrected chi connectivity index (χ3v) is 7.83. The first-order valence-electron chi connectivity index (χ1n) is 12.8. The number of halogens is 1. The summed E-state index contributed by atoms with van der Waals surface area (Å²) in [7, 11) is 0. The minimum Gasteiger partial charge on any atom is -0.478 e. The molecule has 1 heterocycles. The van der Waals surface area contributed by atoms with Crippen LogP contribution in [-0.4, -0.2) is 52.8 Å². The first kappa shape index (κ1) is 29.1. The first-order chi connectivity index (χ1) is 18.9. The molecule has 1 aliphatic heterocycles. The van der Waals surface area contributed by atoms with E-state index in [1.807, 2.05) is 44.4 Å². The molecule has 3 aromatic rings. The number of likely N-dealkylation sites (tertiary alicyclic amines) is 1. The third-order valence-electron chi connectivity index (χ3n) is 7.09. The molecule has 0 aliphatic carbocycles. The number of carbonyl (C=O) groups excluding carboxylic acids is 2. The van der Waals surface area contributed by atoms with Gasteiger partial charge in [0.1, 0.15) is 17.3 Å². The predicted octanol–water partition coefficient (Wildman–Crippen LogP) is 6.50. The molecule has 210 valence electrons. The number of nitrogens with zero attached hydrogens (tertiary/aromatic N) is 1. The van der Waals surface area contributed by atoms with Crippen LogP contribution in [0.2, 0.25) is 0 Å². The largest absolute Gasteiger partial charge is 0.478 e. The molecule has 1 amide bonds. The summed E-state index contributed by atoms with van der Waals surface area (Å²) in [6.07, 6.45) is 1.34. The molecule has 7 nitrogen and oxygen atoms in total. The molecule has 0 saturated carbocycles. The Morgan fingerprint density at radius 3 is 2.12 bits per heavy atom. The Bertz CT molecular complexity index is 1400. The van der Waals surface area contributed by atoms with E-state index in [2.05, 4.69) is 0 Å². The van der Waals surface area contributed by atoms with Gasteiger partial charge in [-0.25, -0.2) is 14.0 Å². The molecule has 3 aromatic carbocycles. The number of ether oxygens (including phenoxy) is 2. The van der Waals surface area contributed by atoms with E-state index in [0.717, 1.165) is 21.6 Å². The highest BCUT2D eigenvalue weighted by Crippen LogP contribution is 2.39. The van der Waals surface area contributed by atoms with E-state index >= 15 is 0 Å². The average molecular weight is 566 g/mol. The van der Waals surface area contributed by atoms with E-state index in [1.54, 1.807) is 23.9 Å². The average Bonchev–Trinajstić information content (AvgIpc) is 3.37. The molecular weight excluding hydrogens is 533 g/mol. The van der Waals surface area contributed by atoms with E-state index in [0.29, 0.717) is 11.3 Å². The smallest absolute Gasteiger partial charge is 0.415 e. The maximum Gasteiger partial charge on any atom is 0.415 e. The lowest BCUT2D eigenvalue weighted by Crippen LogP contribution is -2.38. The number of aryl methyl sites for hydroxylation is 2. The van der Waals surface area contributed by atoms with Crippen LogP contribution < -0.4 is 9.47 Å². The van der Waals surface area contributed by atoms with Gasteiger partial charge in [0.05, 0.1) is 0 Å². The van der Waals surface area contributed by atoms with Gasteiger partial charge in [0.25, 0.3) is 0 Å². The summed E-state index contributed by atoms with van der Waals surface area (Å²) in [5.41, 5.74) is 1.43. The van der Waals surface area contributed by atoms with Crippen molar-refractivity contribution in [1.82, 2.24) is 4.90 Å². The minimum absolute atomic E-state index is 0.0858. The zero-order valence-electron chi connectivity index (χ0n) is 23.1. The Balaban J connectivity index is 1.66. The van der Waals surface area contributed by atoms with Gasteiger partial charge in [0.15, 0.2) is 11.4 Å². The number of thioether (sulfide) groups is 1. The van der Waals surface area contributed by atoms with Crippen molar-refractivity contribution in [3.05, 3.63) is 88.7 Å². The van der Waals surface area contributed by atoms with E-state index < -0.39 is 29.4 Å². The molecule has 2 atom stereocenters. The summed E-state index contributed by atoms with van der Waals surface area (Å²) < 4.78 is 24.6. The number of Topliss-reactive ketones (excluding diaryl/α,β-unsaturated/α-hetero) is 1. The second kappa shape index (κ2) is 11.7. The van der Waals surface area contributed by atoms with Gasteiger partial charge in [-0.1, -0.05) is 24.3 Å². The molecule has 0 spiro atoms. The number of amides is 1. The molecule has 1 N–H and O–H groups in total. The summed E-state index contributed by atoms with van der Waals surface area (Å²) in [6.45, 7) is 7.02. The fourth-order valence-corrected chi connectivity index (χ4v) is 5.26. The van der Waals surface area contributed by atoms with Crippen LogP contribution >= 0.6 is 11.8 Å². The summed E-state index contributed by atoms with van der Waals surface area (Å²) in [5, 5.41) is 9.52. The summed E-state index contributed by atoms with van der Waals surface area (Å²) in [6, 6.07) is 16.3. The monoisotopic (exact) mass is 565 g/mol. The van der Waals surface area contributed by atoms with Crippen LogP contribution in [0.3, 0.4) is 0 Å². The molecule has 0 aromatic heterocycles. The number of hydrogen-bond acceptors (Lipinski definition) is 6. The van der Waals surface area contributed by atoms with Crippen molar-refractivity contribution in [2.24, 2.45) is 5.92 Å². The Morgan fingerprint density at radius 1 is 0.975 bits per heavy atom. The number of benzene rings is 3. The van der Waals surface area contributed by atoms with Crippen molar-refractivity contribution in [2.45, 2.75) is 44.1 Å². The van der Waals surface area contributed by atoms with Crippen LogP contribution in [0.1, 0.15) is 46.8 Å². The molecule has 4 rings (SSSR count). The zero-order chi connectivity index (χ0) is 29.2. The fourth-order valence-electron chi connectivity index (χ4n) is 4.85. The first-order valence-corrected chi connectivity index (χ1v) is 14.1. The molecule has 1 saturated heterocycles. The number of carboxylic acid groups (broad SMARTS) is 1. The van der Waals surface area contributed by atoms with Gasteiger partial charge in [-0.3, -0.25) is 4.79 Å². The second-order valence-corrected chi connectivity index (χ2v) is 11.3. The number of ketones is 1. The number of hydrogen-bond donors (Lipinski definition) is 1. The minimum atomic E-state index is -1.42. The van der Waals surface area contributed by atoms with Gasteiger partial charge in [0, 0.05) is 35.4 Å². The maximum atomic E-state index is 13.8. The SMILES string of the molecule is CSc1ccc(C(=O)C2CN(C(=O)Oc3ccc(F)cc3)C[C@@H]2c2cc(C)c(OC(C)(C)C(=O)O)c(C)c2)cc1. The molecule has 9 heteroatoms. The highest BCUT2D eigenvalue weighted by molar-refractivity contribution is 7.98. The Labute approximate surface area is 237 Å². The van der Waals surface area contributed by atoms with E-state index in [1.165, 1.54) is 43.0 Å². The molecule has 0 radical (unpaired) electrons. The topological polar surface area (TPSA) is 93.1 Å². The van der Waals surface area contributed by atoms with Gasteiger partial charge < -0.3 is 19.5 Å².